The van der Waals surface area contributed by atoms with Crippen molar-refractivity contribution in [2.45, 2.75) is 38.5 Å². The summed E-state index contributed by atoms with van der Waals surface area (Å²) in [6.45, 7) is 2.71. The van der Waals surface area contributed by atoms with Crippen LogP contribution >= 0.6 is 0 Å². The number of morpholine rings is 1. The number of aromatic nitrogens is 2. The van der Waals surface area contributed by atoms with Crippen molar-refractivity contribution in [3.63, 3.8) is 0 Å². The van der Waals surface area contributed by atoms with Crippen molar-refractivity contribution in [3.05, 3.63) is 52.4 Å². The number of hydrogen-bond acceptors (Lipinski definition) is 7. The molecule has 0 radical (unpaired) electrons. The zero-order chi connectivity index (χ0) is 27.3. The average Bonchev–Trinajstić information content (AvgIpc) is 2.91. The molecule has 2 N–H and O–H groups in total. The highest BCUT2D eigenvalue weighted by Gasteiger charge is 2.63. The van der Waals surface area contributed by atoms with E-state index in [0.717, 1.165) is 25.9 Å². The van der Waals surface area contributed by atoms with Gasteiger partial charge in [0.05, 0.1) is 18.6 Å². The predicted molar refractivity (Wildman–Crippen MR) is 139 cm³/mol. The number of ether oxygens (including phenoxy) is 2. The molecule has 3 aromatic rings. The normalized spacial score (nSPS) is 24.3. The molecule has 39 heavy (non-hydrogen) atoms. The maximum atomic E-state index is 13.7. The third-order valence-corrected chi connectivity index (χ3v) is 8.65. The fourth-order valence-electron chi connectivity index (χ4n) is 6.01. The minimum atomic E-state index is -2.93. The monoisotopic (exact) mass is 540 g/mol. The standard InChI is InChI=1S/C28H30F2N4O5/c1-16-19-13-28(16,14-19)32-25(36)22-23(35)21-12-18(17-2-4-20(5-3-17)39-27(29)30)15-31-24(21)34(26(22)37)7-6-33-8-10-38-11-9-33/h2-5,12,15-16,19,27,35H,6-11,13-14H2,1H3,(H,32,36)/t16-,19?,28?/m1/s1. The molecule has 206 valence electrons. The van der Waals surface area contributed by atoms with Gasteiger partial charge in [0.1, 0.15) is 22.7 Å². The van der Waals surface area contributed by atoms with Crippen LogP contribution in [0.5, 0.6) is 11.5 Å². The molecule has 1 aliphatic heterocycles. The summed E-state index contributed by atoms with van der Waals surface area (Å²) in [5, 5.41) is 14.6. The van der Waals surface area contributed by atoms with Gasteiger partial charge in [0.15, 0.2) is 0 Å². The number of hydrogen-bond donors (Lipinski definition) is 2. The molecule has 1 saturated heterocycles. The second kappa shape index (κ2) is 9.87. The van der Waals surface area contributed by atoms with Gasteiger partial charge in [-0.15, -0.1) is 0 Å². The summed E-state index contributed by atoms with van der Waals surface area (Å²) in [5.41, 5.74) is 0.308. The first kappa shape index (κ1) is 25.7. The van der Waals surface area contributed by atoms with Crippen molar-refractivity contribution < 1.29 is 28.2 Å². The first-order valence-electron chi connectivity index (χ1n) is 13.2. The Balaban J connectivity index is 1.39. The molecular weight excluding hydrogens is 510 g/mol. The molecule has 0 unspecified atom stereocenters. The van der Waals surface area contributed by atoms with E-state index in [1.165, 1.54) is 16.7 Å². The van der Waals surface area contributed by atoms with E-state index in [9.17, 15) is 23.5 Å². The second-order valence-electron chi connectivity index (χ2n) is 10.7. The van der Waals surface area contributed by atoms with Gasteiger partial charge in [-0.3, -0.25) is 19.1 Å². The maximum absolute atomic E-state index is 13.7. The van der Waals surface area contributed by atoms with E-state index in [2.05, 4.69) is 26.9 Å². The lowest BCUT2D eigenvalue weighted by molar-refractivity contribution is -0.118. The third-order valence-electron chi connectivity index (χ3n) is 8.65. The van der Waals surface area contributed by atoms with Gasteiger partial charge < -0.3 is 19.9 Å². The number of rotatable bonds is 8. The predicted octanol–water partition coefficient (Wildman–Crippen LogP) is 3.23. The number of benzene rings is 1. The SMILES string of the molecule is C[C@@H]1C2CC1(NC(=O)c1c(O)c3cc(-c4ccc(OC(F)F)cc4)cnc3n(CCN3CCOCC3)c1=O)C2. The van der Waals surface area contributed by atoms with Crippen LogP contribution in [0.1, 0.15) is 30.1 Å². The van der Waals surface area contributed by atoms with Gasteiger partial charge in [0.25, 0.3) is 11.5 Å². The highest BCUT2D eigenvalue weighted by molar-refractivity contribution is 6.02. The van der Waals surface area contributed by atoms with Crippen molar-refractivity contribution in [3.8, 4) is 22.6 Å². The average molecular weight is 541 g/mol. The first-order valence-corrected chi connectivity index (χ1v) is 13.2. The molecule has 1 atom stereocenters. The number of alkyl halides is 2. The molecular formula is C28H30F2N4O5. The Bertz CT molecular complexity index is 1460. The van der Waals surface area contributed by atoms with Crippen molar-refractivity contribution in [2.75, 3.05) is 32.8 Å². The fraction of sp³-hybridized carbons (Fsp3) is 0.464. The van der Waals surface area contributed by atoms with Crippen LogP contribution in [-0.2, 0) is 11.3 Å². The van der Waals surface area contributed by atoms with Crippen LogP contribution in [0.4, 0.5) is 8.78 Å². The minimum Gasteiger partial charge on any atom is -0.506 e. The van der Waals surface area contributed by atoms with E-state index < -0.39 is 23.8 Å². The van der Waals surface area contributed by atoms with Crippen LogP contribution in [0, 0.1) is 11.8 Å². The van der Waals surface area contributed by atoms with Crippen LogP contribution in [-0.4, -0.2) is 70.5 Å². The van der Waals surface area contributed by atoms with Gasteiger partial charge in [0, 0.05) is 43.5 Å². The number of carbonyl (C=O) groups is 1. The number of amides is 1. The molecule has 7 rings (SSSR count). The highest BCUT2D eigenvalue weighted by atomic mass is 19.3. The van der Waals surface area contributed by atoms with Gasteiger partial charge in [-0.05, 0) is 48.4 Å². The summed E-state index contributed by atoms with van der Waals surface area (Å²) in [6, 6.07) is 7.69. The highest BCUT2D eigenvalue weighted by Crippen LogP contribution is 2.61. The molecule has 3 aliphatic carbocycles. The van der Waals surface area contributed by atoms with Crippen molar-refractivity contribution in [2.24, 2.45) is 11.8 Å². The first-order chi connectivity index (χ1) is 18.8. The van der Waals surface area contributed by atoms with Crippen molar-refractivity contribution >= 4 is 16.9 Å². The topological polar surface area (TPSA) is 106 Å². The molecule has 11 heteroatoms. The lowest BCUT2D eigenvalue weighted by Gasteiger charge is -2.67. The van der Waals surface area contributed by atoms with E-state index in [1.807, 2.05) is 0 Å². The van der Waals surface area contributed by atoms with Crippen LogP contribution in [0.3, 0.4) is 0 Å². The Morgan fingerprint density at radius 1 is 1.21 bits per heavy atom. The van der Waals surface area contributed by atoms with E-state index >= 15 is 0 Å². The molecule has 2 bridgehead atoms. The Kier molecular flexibility index (Phi) is 6.50. The second-order valence-corrected chi connectivity index (χ2v) is 10.7. The van der Waals surface area contributed by atoms with Crippen LogP contribution < -0.4 is 15.6 Å². The molecule has 3 saturated carbocycles. The Hall–Kier alpha value is -3.57. The van der Waals surface area contributed by atoms with E-state index in [0.29, 0.717) is 42.7 Å². The van der Waals surface area contributed by atoms with Crippen LogP contribution in [0.25, 0.3) is 22.2 Å². The summed E-state index contributed by atoms with van der Waals surface area (Å²) in [4.78, 5) is 33.8. The summed E-state index contributed by atoms with van der Waals surface area (Å²) in [6.07, 6.45) is 3.32. The number of nitrogens with zero attached hydrogens (tertiary/aromatic N) is 3. The largest absolute Gasteiger partial charge is 0.506 e. The summed E-state index contributed by atoms with van der Waals surface area (Å²) >= 11 is 0. The molecule has 9 nitrogen and oxygen atoms in total. The Morgan fingerprint density at radius 3 is 2.54 bits per heavy atom. The number of aromatic hydroxyl groups is 1. The molecule has 1 amide bonds. The molecule has 1 aromatic carbocycles. The van der Waals surface area contributed by atoms with E-state index in [4.69, 9.17) is 4.74 Å². The Morgan fingerprint density at radius 2 is 1.92 bits per heavy atom. The van der Waals surface area contributed by atoms with Gasteiger partial charge in [-0.25, -0.2) is 4.98 Å². The number of nitrogens with one attached hydrogen (secondary N) is 1. The lowest BCUT2D eigenvalue weighted by Crippen LogP contribution is -2.74. The molecule has 4 aliphatic rings. The number of halogens is 2. The summed E-state index contributed by atoms with van der Waals surface area (Å²) in [5.74, 6) is -0.0308. The number of carbonyl (C=O) groups excluding carboxylic acids is 1. The third kappa shape index (κ3) is 4.53. The summed E-state index contributed by atoms with van der Waals surface area (Å²) < 4.78 is 36.4. The van der Waals surface area contributed by atoms with Gasteiger partial charge in [-0.1, -0.05) is 19.1 Å². The van der Waals surface area contributed by atoms with Gasteiger partial charge in [-0.2, -0.15) is 8.78 Å². The Labute approximate surface area is 223 Å². The lowest BCUT2D eigenvalue weighted by atomic mass is 9.43. The molecule has 2 aromatic heterocycles. The molecule has 4 fully saturated rings. The zero-order valence-electron chi connectivity index (χ0n) is 21.5. The van der Waals surface area contributed by atoms with Crippen molar-refractivity contribution in [1.29, 1.82) is 0 Å². The summed E-state index contributed by atoms with van der Waals surface area (Å²) in [7, 11) is 0. The van der Waals surface area contributed by atoms with Crippen molar-refractivity contribution in [1.82, 2.24) is 19.8 Å². The molecule has 3 heterocycles. The molecule has 0 spiro atoms. The van der Waals surface area contributed by atoms with E-state index in [-0.39, 0.29) is 34.4 Å². The quantitative estimate of drug-likeness (QED) is 0.452. The fourth-order valence-corrected chi connectivity index (χ4v) is 6.01. The van der Waals surface area contributed by atoms with E-state index in [1.54, 1.807) is 24.4 Å². The zero-order valence-corrected chi connectivity index (χ0v) is 21.5. The van der Waals surface area contributed by atoms with Gasteiger partial charge >= 0.3 is 6.61 Å². The van der Waals surface area contributed by atoms with Crippen LogP contribution in [0.2, 0.25) is 0 Å². The number of pyridine rings is 2. The maximum Gasteiger partial charge on any atom is 0.387 e. The number of fused-ring (bicyclic) bond motifs is 1. The smallest absolute Gasteiger partial charge is 0.387 e. The van der Waals surface area contributed by atoms with Crippen LogP contribution in [0.15, 0.2) is 41.3 Å². The minimum absolute atomic E-state index is 0.0177. The van der Waals surface area contributed by atoms with Gasteiger partial charge in [0.2, 0.25) is 0 Å².